The second-order valence-electron chi connectivity index (χ2n) is 9.70. The second kappa shape index (κ2) is 13.4. The molecule has 0 aliphatic carbocycles. The molecule has 0 bridgehead atoms. The van der Waals surface area contributed by atoms with Crippen molar-refractivity contribution in [3.63, 3.8) is 0 Å². The van der Waals surface area contributed by atoms with Crippen molar-refractivity contribution in [2.75, 3.05) is 39.8 Å². The molecule has 6 nitrogen and oxygen atoms in total. The number of halogens is 3. The van der Waals surface area contributed by atoms with Gasteiger partial charge in [0.2, 0.25) is 0 Å². The molecule has 3 aromatic carbocycles. The molecule has 1 aromatic heterocycles. The Hall–Kier alpha value is -3.95. The van der Waals surface area contributed by atoms with Crippen LogP contribution in [0.2, 0.25) is 0 Å². The molecule has 4 aromatic rings. The molecule has 1 aliphatic heterocycles. The second-order valence-corrected chi connectivity index (χ2v) is 9.70. The van der Waals surface area contributed by atoms with Crippen molar-refractivity contribution < 1.29 is 27.8 Å². The van der Waals surface area contributed by atoms with E-state index in [-0.39, 0.29) is 5.92 Å². The fourth-order valence-electron chi connectivity index (χ4n) is 4.65. The number of piperazine rings is 1. The number of pyridine rings is 1. The molecule has 210 valence electrons. The molecule has 0 saturated carbocycles. The molecule has 0 spiro atoms. The first kappa shape index (κ1) is 29.0. The van der Waals surface area contributed by atoms with Gasteiger partial charge in [-0.15, -0.1) is 0 Å². The van der Waals surface area contributed by atoms with Crippen LogP contribution in [-0.4, -0.2) is 71.8 Å². The fourth-order valence-corrected chi connectivity index (χ4v) is 4.65. The summed E-state index contributed by atoms with van der Waals surface area (Å²) < 4.78 is 38.3. The van der Waals surface area contributed by atoms with Gasteiger partial charge in [-0.1, -0.05) is 78.9 Å². The summed E-state index contributed by atoms with van der Waals surface area (Å²) in [7, 11) is 2.20. The van der Waals surface area contributed by atoms with Gasteiger partial charge in [-0.25, -0.2) is 4.79 Å². The Bertz CT molecular complexity index is 1380. The number of carboxylic acids is 1. The lowest BCUT2D eigenvalue weighted by molar-refractivity contribution is -0.192. The summed E-state index contributed by atoms with van der Waals surface area (Å²) in [5.41, 5.74) is 4.62. The third-order valence-corrected chi connectivity index (χ3v) is 6.84. The van der Waals surface area contributed by atoms with E-state index in [1.54, 1.807) is 0 Å². The van der Waals surface area contributed by atoms with Gasteiger partial charge in [0.15, 0.2) is 0 Å². The van der Waals surface area contributed by atoms with Crippen LogP contribution >= 0.6 is 0 Å². The summed E-state index contributed by atoms with van der Waals surface area (Å²) in [6.45, 7) is 5.89. The zero-order valence-electron chi connectivity index (χ0n) is 22.2. The predicted octanol–water partition coefficient (Wildman–Crippen LogP) is 5.83. The maximum Gasteiger partial charge on any atom is 0.490 e. The molecule has 1 saturated heterocycles. The molecular formula is C31H32F3N3O3. The molecule has 2 heterocycles. The van der Waals surface area contributed by atoms with Crippen molar-refractivity contribution in [2.45, 2.75) is 18.7 Å². The van der Waals surface area contributed by atoms with Crippen molar-refractivity contribution in [2.24, 2.45) is 0 Å². The van der Waals surface area contributed by atoms with Crippen LogP contribution in [0, 0.1) is 0 Å². The number of likely N-dealkylation sites (N-methyl/N-ethyl adjacent to an activating group) is 1. The van der Waals surface area contributed by atoms with E-state index >= 15 is 0 Å². The number of carboxylic acid groups (broad SMARTS) is 1. The fraction of sp³-hybridized carbons (Fsp3) is 0.290. The minimum absolute atomic E-state index is 0.215. The predicted molar refractivity (Wildman–Crippen MR) is 148 cm³/mol. The Balaban J connectivity index is 0.000000470. The Kier molecular flexibility index (Phi) is 9.74. The Morgan fingerprint density at radius 3 is 2.17 bits per heavy atom. The van der Waals surface area contributed by atoms with E-state index in [0.29, 0.717) is 6.61 Å². The number of carbonyl (C=O) groups is 1. The number of nitrogens with zero attached hydrogens (tertiary/aromatic N) is 3. The average molecular weight is 552 g/mol. The van der Waals surface area contributed by atoms with Gasteiger partial charge in [-0.05, 0) is 24.2 Å². The molecule has 1 unspecified atom stereocenters. The summed E-state index contributed by atoms with van der Waals surface area (Å²) in [6.07, 6.45) is -3.22. The van der Waals surface area contributed by atoms with Crippen LogP contribution in [0.15, 0.2) is 91.1 Å². The van der Waals surface area contributed by atoms with Gasteiger partial charge in [-0.2, -0.15) is 13.2 Å². The first-order chi connectivity index (χ1) is 19.2. The summed E-state index contributed by atoms with van der Waals surface area (Å²) in [6, 6.07) is 29.7. The van der Waals surface area contributed by atoms with Gasteiger partial charge in [0.1, 0.15) is 17.9 Å². The van der Waals surface area contributed by atoms with Gasteiger partial charge in [0.25, 0.3) is 0 Å². The number of ether oxygens (including phenoxy) is 1. The minimum atomic E-state index is -5.08. The van der Waals surface area contributed by atoms with E-state index in [9.17, 15) is 13.2 Å². The Morgan fingerprint density at radius 1 is 0.925 bits per heavy atom. The molecule has 1 N–H and O–H groups in total. The molecule has 0 amide bonds. The molecule has 40 heavy (non-hydrogen) atoms. The smallest absolute Gasteiger partial charge is 0.486 e. The highest BCUT2D eigenvalue weighted by molar-refractivity contribution is 5.86. The first-order valence-electron chi connectivity index (χ1n) is 13.0. The van der Waals surface area contributed by atoms with Gasteiger partial charge in [0.05, 0.1) is 0 Å². The van der Waals surface area contributed by atoms with Crippen LogP contribution in [0.3, 0.4) is 0 Å². The molecule has 9 heteroatoms. The highest BCUT2D eigenvalue weighted by Gasteiger charge is 2.38. The largest absolute Gasteiger partial charge is 0.490 e. The lowest BCUT2D eigenvalue weighted by Gasteiger charge is -2.35. The SMILES string of the molecule is CN1CCN(CC(c2ccccc2)c2ccc3cccnc3c2OCc2ccccc2)CC1.O=C(O)C(F)(F)F. The van der Waals surface area contributed by atoms with Crippen molar-refractivity contribution in [1.29, 1.82) is 0 Å². The monoisotopic (exact) mass is 551 g/mol. The van der Waals surface area contributed by atoms with Gasteiger partial charge >= 0.3 is 12.1 Å². The van der Waals surface area contributed by atoms with E-state index in [0.717, 1.165) is 54.9 Å². The van der Waals surface area contributed by atoms with E-state index in [1.807, 2.05) is 18.3 Å². The molecule has 5 rings (SSSR count). The number of aromatic nitrogens is 1. The highest BCUT2D eigenvalue weighted by Crippen LogP contribution is 2.38. The topological polar surface area (TPSA) is 65.9 Å². The zero-order valence-corrected chi connectivity index (χ0v) is 22.2. The van der Waals surface area contributed by atoms with Crippen molar-refractivity contribution in [3.8, 4) is 5.75 Å². The zero-order chi connectivity index (χ0) is 28.5. The van der Waals surface area contributed by atoms with Gasteiger partial charge < -0.3 is 14.7 Å². The molecular weight excluding hydrogens is 519 g/mol. The maximum atomic E-state index is 10.6. The number of fused-ring (bicyclic) bond motifs is 1. The van der Waals surface area contributed by atoms with Crippen molar-refractivity contribution in [1.82, 2.24) is 14.8 Å². The van der Waals surface area contributed by atoms with Crippen LogP contribution in [0.1, 0.15) is 22.6 Å². The number of rotatable bonds is 7. The van der Waals surface area contributed by atoms with Crippen molar-refractivity contribution in [3.05, 3.63) is 108 Å². The van der Waals surface area contributed by atoms with Crippen LogP contribution < -0.4 is 4.74 Å². The van der Waals surface area contributed by atoms with E-state index in [4.69, 9.17) is 19.6 Å². The molecule has 1 aliphatic rings. The summed E-state index contributed by atoms with van der Waals surface area (Å²) >= 11 is 0. The Morgan fingerprint density at radius 2 is 1.55 bits per heavy atom. The van der Waals surface area contributed by atoms with E-state index in [2.05, 4.69) is 89.6 Å². The lowest BCUT2D eigenvalue weighted by atomic mass is 9.89. The average Bonchev–Trinajstić information content (AvgIpc) is 2.96. The number of alkyl halides is 3. The van der Waals surface area contributed by atoms with E-state index < -0.39 is 12.1 Å². The molecule has 1 fully saturated rings. The normalized spacial score (nSPS) is 15.2. The molecule has 1 atom stereocenters. The van der Waals surface area contributed by atoms with Crippen LogP contribution in [-0.2, 0) is 11.4 Å². The van der Waals surface area contributed by atoms with Gasteiger partial charge in [0, 0.05) is 55.8 Å². The number of hydrogen-bond donors (Lipinski definition) is 1. The van der Waals surface area contributed by atoms with Gasteiger partial charge in [-0.3, -0.25) is 9.88 Å². The summed E-state index contributed by atoms with van der Waals surface area (Å²) in [5.74, 6) is -1.64. The van der Waals surface area contributed by atoms with E-state index in [1.165, 1.54) is 11.1 Å². The molecule has 0 radical (unpaired) electrons. The quantitative estimate of drug-likeness (QED) is 0.312. The minimum Gasteiger partial charge on any atom is -0.486 e. The van der Waals surface area contributed by atoms with Crippen LogP contribution in [0.4, 0.5) is 13.2 Å². The number of benzene rings is 3. The first-order valence-corrected chi connectivity index (χ1v) is 13.0. The highest BCUT2D eigenvalue weighted by atomic mass is 19.4. The summed E-state index contributed by atoms with van der Waals surface area (Å²) in [4.78, 5) is 18.6. The Labute approximate surface area is 231 Å². The number of aliphatic carboxylic acids is 1. The third kappa shape index (κ3) is 7.80. The maximum absolute atomic E-state index is 10.6. The summed E-state index contributed by atoms with van der Waals surface area (Å²) in [5, 5.41) is 8.23. The van der Waals surface area contributed by atoms with Crippen LogP contribution in [0.5, 0.6) is 5.75 Å². The van der Waals surface area contributed by atoms with Crippen LogP contribution in [0.25, 0.3) is 10.9 Å². The number of hydrogen-bond acceptors (Lipinski definition) is 5. The standard InChI is InChI=1S/C29H31N3O.C2HF3O2/c1-31-17-19-32(20-18-31)21-27(24-11-6-3-7-12-24)26-15-14-25-13-8-16-30-28(25)29(26)33-22-23-9-4-2-5-10-23;3-2(4,5)1(6)7/h2-16,27H,17-22H2,1H3;(H,6,7). The lowest BCUT2D eigenvalue weighted by Crippen LogP contribution is -2.45. The van der Waals surface area contributed by atoms with Crippen molar-refractivity contribution >= 4 is 16.9 Å². The third-order valence-electron chi connectivity index (χ3n) is 6.84.